The quantitative estimate of drug-likeness (QED) is 0.301. The van der Waals surface area contributed by atoms with Crippen LogP contribution in [0, 0.1) is 23.7 Å². The third-order valence-corrected chi connectivity index (χ3v) is 6.80. The molecule has 29 heavy (non-hydrogen) atoms. The second-order valence-electron chi connectivity index (χ2n) is 8.95. The summed E-state index contributed by atoms with van der Waals surface area (Å²) in [7, 11) is 0. The third kappa shape index (κ3) is 5.30. The molecule has 0 aromatic rings. The summed E-state index contributed by atoms with van der Waals surface area (Å²) in [5, 5.41) is 0. The number of carbonyl (C=O) groups is 2. The highest BCUT2D eigenvalue weighted by Crippen LogP contribution is 2.50. The van der Waals surface area contributed by atoms with Gasteiger partial charge in [0.15, 0.2) is 0 Å². The fraction of sp³-hybridized carbons (Fsp3) is 0.750. The molecule has 0 bridgehead atoms. The van der Waals surface area contributed by atoms with Crippen molar-refractivity contribution in [3.8, 4) is 0 Å². The van der Waals surface area contributed by atoms with Gasteiger partial charge in [0.2, 0.25) is 11.6 Å². The van der Waals surface area contributed by atoms with E-state index in [1.165, 1.54) is 12.2 Å². The largest absolute Gasteiger partial charge is 0.429 e. The average molecular weight is 407 g/mol. The van der Waals surface area contributed by atoms with Crippen molar-refractivity contribution in [3.63, 3.8) is 0 Å². The fourth-order valence-electron chi connectivity index (χ4n) is 5.12. The highest BCUT2D eigenvalue weighted by molar-refractivity contribution is 5.82. The van der Waals surface area contributed by atoms with E-state index in [2.05, 4.69) is 40.9 Å². The van der Waals surface area contributed by atoms with E-state index < -0.39 is 23.5 Å². The molecular formula is C24H38O5. The van der Waals surface area contributed by atoms with E-state index in [1.807, 2.05) is 0 Å². The summed E-state index contributed by atoms with van der Waals surface area (Å²) in [6, 6.07) is 0. The molecule has 5 nitrogen and oxygen atoms in total. The lowest BCUT2D eigenvalue weighted by molar-refractivity contribution is -0.383. The zero-order chi connectivity index (χ0) is 21.7. The fourth-order valence-corrected chi connectivity index (χ4v) is 5.12. The van der Waals surface area contributed by atoms with Gasteiger partial charge in [0, 0.05) is 36.8 Å². The van der Waals surface area contributed by atoms with Crippen molar-refractivity contribution < 1.29 is 23.8 Å². The van der Waals surface area contributed by atoms with E-state index in [0.717, 1.165) is 38.5 Å². The van der Waals surface area contributed by atoms with Crippen LogP contribution in [0.5, 0.6) is 0 Å². The van der Waals surface area contributed by atoms with Gasteiger partial charge in [-0.1, -0.05) is 40.9 Å². The molecule has 2 fully saturated rings. The lowest BCUT2D eigenvalue weighted by Crippen LogP contribution is -2.59. The molecule has 2 rings (SSSR count). The first-order valence-electron chi connectivity index (χ1n) is 11.1. The Morgan fingerprint density at radius 1 is 0.862 bits per heavy atom. The molecule has 164 valence electrons. The second kappa shape index (κ2) is 9.92. The normalized spacial score (nSPS) is 37.4. The van der Waals surface area contributed by atoms with Crippen molar-refractivity contribution in [1.29, 1.82) is 0 Å². The summed E-state index contributed by atoms with van der Waals surface area (Å²) in [6.07, 6.45) is 8.74. The van der Waals surface area contributed by atoms with Gasteiger partial charge in [-0.2, -0.15) is 0 Å². The van der Waals surface area contributed by atoms with Crippen LogP contribution in [0.15, 0.2) is 25.3 Å². The highest BCUT2D eigenvalue weighted by Gasteiger charge is 2.56. The molecule has 0 aromatic heterocycles. The highest BCUT2D eigenvalue weighted by atomic mass is 16.8. The zero-order valence-corrected chi connectivity index (χ0v) is 18.6. The van der Waals surface area contributed by atoms with Crippen LogP contribution >= 0.6 is 0 Å². The minimum atomic E-state index is -1.11. The van der Waals surface area contributed by atoms with Crippen LogP contribution in [0.25, 0.3) is 0 Å². The first-order valence-corrected chi connectivity index (χ1v) is 11.1. The Morgan fingerprint density at radius 2 is 1.24 bits per heavy atom. The Morgan fingerprint density at radius 3 is 1.55 bits per heavy atom. The lowest BCUT2D eigenvalue weighted by atomic mass is 9.73. The lowest BCUT2D eigenvalue weighted by Gasteiger charge is -2.52. The molecule has 6 unspecified atom stereocenters. The zero-order valence-electron chi connectivity index (χ0n) is 18.6. The maximum Gasteiger partial charge on any atom is 0.332 e. The number of hydrogen-bond donors (Lipinski definition) is 0. The standard InChI is InChI=1S/C24H38O5/c1-7-19-15-17(5)11-13-23(19,27-21(25)9-3)29-24(28-22(26)10-4)14-12-18(6)16-20(24)8-2/h9-10,17-20H,3-4,7-8,11-16H2,1-2,5-6H3. The number of rotatable bonds is 8. The maximum atomic E-state index is 12.3. The molecule has 0 spiro atoms. The Bertz CT molecular complexity index is 562. The van der Waals surface area contributed by atoms with Crippen molar-refractivity contribution in [1.82, 2.24) is 0 Å². The van der Waals surface area contributed by atoms with Gasteiger partial charge in [-0.05, 0) is 50.4 Å². The van der Waals surface area contributed by atoms with Crippen LogP contribution in [-0.2, 0) is 23.8 Å². The van der Waals surface area contributed by atoms with Crippen molar-refractivity contribution in [2.75, 3.05) is 0 Å². The number of carbonyl (C=O) groups excluding carboxylic acids is 2. The topological polar surface area (TPSA) is 61.8 Å². The third-order valence-electron chi connectivity index (χ3n) is 6.80. The van der Waals surface area contributed by atoms with Gasteiger partial charge < -0.3 is 9.47 Å². The molecule has 2 saturated carbocycles. The van der Waals surface area contributed by atoms with Crippen molar-refractivity contribution >= 4 is 11.9 Å². The molecule has 2 aliphatic carbocycles. The van der Waals surface area contributed by atoms with E-state index >= 15 is 0 Å². The molecule has 5 heteroatoms. The van der Waals surface area contributed by atoms with Gasteiger partial charge in [-0.25, -0.2) is 9.59 Å². The van der Waals surface area contributed by atoms with Crippen molar-refractivity contribution in [3.05, 3.63) is 25.3 Å². The number of esters is 2. The molecule has 0 radical (unpaired) electrons. The monoisotopic (exact) mass is 406 g/mol. The maximum absolute atomic E-state index is 12.3. The SMILES string of the molecule is C=CC(=O)OC1(OC2(OC(=O)C=C)CCC(C)CC2CC)CCC(C)CC1CC. The Kier molecular flexibility index (Phi) is 8.10. The Labute approximate surface area is 175 Å². The first-order chi connectivity index (χ1) is 13.7. The van der Waals surface area contributed by atoms with Gasteiger partial charge in [-0.3, -0.25) is 4.74 Å². The Hall–Kier alpha value is -1.62. The summed E-state index contributed by atoms with van der Waals surface area (Å²) in [5.74, 6) is -2.10. The van der Waals surface area contributed by atoms with Gasteiger partial charge in [0.25, 0.3) is 0 Å². The van der Waals surface area contributed by atoms with Gasteiger partial charge in [-0.15, -0.1) is 0 Å². The molecule has 0 saturated heterocycles. The first kappa shape index (κ1) is 23.7. The Balaban J connectivity index is 2.48. The molecule has 6 atom stereocenters. The number of ether oxygens (including phenoxy) is 3. The van der Waals surface area contributed by atoms with Crippen LogP contribution in [0.1, 0.15) is 79.1 Å². The summed E-state index contributed by atoms with van der Waals surface area (Å²) in [5.41, 5.74) is 0. The van der Waals surface area contributed by atoms with Crippen LogP contribution in [-0.4, -0.2) is 23.5 Å². The molecule has 2 aliphatic rings. The second-order valence-corrected chi connectivity index (χ2v) is 8.95. The molecule has 0 heterocycles. The predicted molar refractivity (Wildman–Crippen MR) is 113 cm³/mol. The van der Waals surface area contributed by atoms with E-state index in [1.54, 1.807) is 0 Å². The smallest absolute Gasteiger partial charge is 0.332 e. The van der Waals surface area contributed by atoms with E-state index in [4.69, 9.17) is 14.2 Å². The van der Waals surface area contributed by atoms with Gasteiger partial charge in [0.1, 0.15) is 0 Å². The summed E-state index contributed by atoms with van der Waals surface area (Å²) >= 11 is 0. The summed E-state index contributed by atoms with van der Waals surface area (Å²) < 4.78 is 18.7. The summed E-state index contributed by atoms with van der Waals surface area (Å²) in [4.78, 5) is 24.6. The predicted octanol–water partition coefficient (Wildman–Crippen LogP) is 5.55. The molecule has 0 aliphatic heterocycles. The summed E-state index contributed by atoms with van der Waals surface area (Å²) in [6.45, 7) is 15.7. The number of hydrogen-bond acceptors (Lipinski definition) is 5. The van der Waals surface area contributed by atoms with Crippen LogP contribution in [0.4, 0.5) is 0 Å². The average Bonchev–Trinajstić information content (AvgIpc) is 2.71. The van der Waals surface area contributed by atoms with E-state index in [0.29, 0.717) is 24.7 Å². The molecule has 0 N–H and O–H groups in total. The molecule has 0 amide bonds. The molecular weight excluding hydrogens is 368 g/mol. The van der Waals surface area contributed by atoms with Crippen molar-refractivity contribution in [2.45, 2.75) is 90.6 Å². The van der Waals surface area contributed by atoms with E-state index in [-0.39, 0.29) is 11.8 Å². The molecule has 0 aromatic carbocycles. The van der Waals surface area contributed by atoms with Crippen LogP contribution in [0.3, 0.4) is 0 Å². The van der Waals surface area contributed by atoms with Gasteiger partial charge >= 0.3 is 11.9 Å². The minimum Gasteiger partial charge on any atom is -0.429 e. The van der Waals surface area contributed by atoms with E-state index in [9.17, 15) is 9.59 Å². The van der Waals surface area contributed by atoms with Gasteiger partial charge in [0.05, 0.1) is 0 Å². The minimum absolute atomic E-state index is 0.0336. The van der Waals surface area contributed by atoms with Crippen LogP contribution < -0.4 is 0 Å². The van der Waals surface area contributed by atoms with Crippen molar-refractivity contribution in [2.24, 2.45) is 23.7 Å². The van der Waals surface area contributed by atoms with Crippen LogP contribution in [0.2, 0.25) is 0 Å².